The number of hydrogen-bond donors (Lipinski definition) is 1. The largest absolute Gasteiger partial charge is 0.472 e. The van der Waals surface area contributed by atoms with Gasteiger partial charge in [-0.1, -0.05) is 0 Å². The summed E-state index contributed by atoms with van der Waals surface area (Å²) in [5, 5.41) is 3.07. The average Bonchev–Trinajstić information content (AvgIpc) is 3.39. The normalized spacial score (nSPS) is 32.0. The van der Waals surface area contributed by atoms with Crippen molar-refractivity contribution in [2.24, 2.45) is 11.8 Å². The summed E-state index contributed by atoms with van der Waals surface area (Å²) >= 11 is 0. The van der Waals surface area contributed by atoms with Crippen LogP contribution in [0.4, 0.5) is 5.82 Å². The molecule has 2 aromatic rings. The Morgan fingerprint density at radius 2 is 2.38 bits per heavy atom. The average molecular weight is 353 g/mol. The number of aromatic nitrogens is 1. The zero-order chi connectivity index (χ0) is 17.7. The second-order valence-corrected chi connectivity index (χ2v) is 7.82. The molecular weight excluding hydrogens is 330 g/mol. The lowest BCUT2D eigenvalue weighted by Crippen LogP contribution is -2.41. The van der Waals surface area contributed by atoms with Crippen molar-refractivity contribution in [3.8, 4) is 0 Å². The van der Waals surface area contributed by atoms with Crippen LogP contribution in [-0.4, -0.2) is 42.2 Å². The van der Waals surface area contributed by atoms with E-state index >= 15 is 0 Å². The molecule has 0 unspecified atom stereocenters. The molecule has 5 rings (SSSR count). The molecule has 3 fully saturated rings. The smallest absolute Gasteiger partial charge is 0.254 e. The number of hydrogen-bond acceptors (Lipinski definition) is 5. The van der Waals surface area contributed by atoms with Crippen LogP contribution in [-0.2, 0) is 4.74 Å². The predicted octanol–water partition coefficient (Wildman–Crippen LogP) is 2.40. The van der Waals surface area contributed by atoms with Crippen LogP contribution in [0.3, 0.4) is 0 Å². The first-order chi connectivity index (χ1) is 12.6. The van der Waals surface area contributed by atoms with E-state index in [1.807, 2.05) is 12.3 Å². The molecule has 2 bridgehead atoms. The van der Waals surface area contributed by atoms with Crippen LogP contribution in [0.1, 0.15) is 28.8 Å². The molecule has 1 amide bonds. The number of nitrogens with one attached hydrogen (secondary N) is 1. The van der Waals surface area contributed by atoms with Crippen molar-refractivity contribution >= 4 is 11.7 Å². The first-order valence-electron chi connectivity index (χ1n) is 9.30. The van der Waals surface area contributed by atoms with Crippen molar-refractivity contribution in [3.63, 3.8) is 0 Å². The van der Waals surface area contributed by atoms with Gasteiger partial charge in [0.2, 0.25) is 0 Å². The summed E-state index contributed by atoms with van der Waals surface area (Å²) in [5.74, 6) is 1.75. The van der Waals surface area contributed by atoms with E-state index in [1.54, 1.807) is 6.07 Å². The summed E-state index contributed by atoms with van der Waals surface area (Å²) in [6, 6.07) is 5.85. The third-order valence-corrected chi connectivity index (χ3v) is 6.29. The Kier molecular flexibility index (Phi) is 3.57. The number of aryl methyl sites for hydroxylation is 1. The molecule has 5 heterocycles. The van der Waals surface area contributed by atoms with Crippen LogP contribution in [0.2, 0.25) is 0 Å². The minimum atomic E-state index is -0.0780. The molecule has 1 N–H and O–H groups in total. The molecule has 3 aliphatic heterocycles. The van der Waals surface area contributed by atoms with Gasteiger partial charge in [0.25, 0.3) is 5.91 Å². The summed E-state index contributed by atoms with van der Waals surface area (Å²) in [4.78, 5) is 19.2. The van der Waals surface area contributed by atoms with E-state index in [0.717, 1.165) is 31.7 Å². The Morgan fingerprint density at radius 1 is 1.46 bits per heavy atom. The molecule has 3 saturated heterocycles. The van der Waals surface area contributed by atoms with E-state index in [-0.39, 0.29) is 17.6 Å². The third kappa shape index (κ3) is 2.43. The van der Waals surface area contributed by atoms with Crippen LogP contribution >= 0.6 is 0 Å². The van der Waals surface area contributed by atoms with Gasteiger partial charge in [-0.15, -0.1) is 0 Å². The molecule has 4 atom stereocenters. The maximum atomic E-state index is 12.3. The number of rotatable bonds is 4. The minimum Gasteiger partial charge on any atom is -0.472 e. The van der Waals surface area contributed by atoms with Gasteiger partial charge in [0, 0.05) is 37.7 Å². The number of carbonyl (C=O) groups excluding carboxylic acids is 1. The summed E-state index contributed by atoms with van der Waals surface area (Å²) in [7, 11) is 0. The fraction of sp³-hybridized carbons (Fsp3) is 0.500. The first-order valence-corrected chi connectivity index (χ1v) is 9.30. The number of ether oxygens (including phenoxy) is 1. The fourth-order valence-corrected chi connectivity index (χ4v) is 5.04. The van der Waals surface area contributed by atoms with Crippen molar-refractivity contribution in [2.45, 2.75) is 31.5 Å². The van der Waals surface area contributed by atoms with Gasteiger partial charge in [0.1, 0.15) is 12.1 Å². The standard InChI is InChI=1S/C20H23N3O3/c1-13-3-6-21-18(8-13)23-10-16-15(17-2-5-20(16,12-23)26-17)9-22-19(24)14-4-7-25-11-14/h3-4,6-8,11,15-17H,2,5,9-10,12H2,1H3,(H,22,24)/t15-,16+,17+,20+/m0/s1. The molecular formula is C20H23N3O3. The fourth-order valence-electron chi connectivity index (χ4n) is 5.04. The number of fused-ring (bicyclic) bond motifs is 1. The molecule has 0 saturated carbocycles. The highest BCUT2D eigenvalue weighted by Gasteiger charge is 2.63. The van der Waals surface area contributed by atoms with E-state index in [1.165, 1.54) is 18.1 Å². The van der Waals surface area contributed by atoms with Crippen LogP contribution in [0, 0.1) is 18.8 Å². The van der Waals surface area contributed by atoms with Crippen LogP contribution in [0.25, 0.3) is 0 Å². The molecule has 0 aromatic carbocycles. The lowest BCUT2D eigenvalue weighted by atomic mass is 9.73. The van der Waals surface area contributed by atoms with Crippen molar-refractivity contribution in [2.75, 3.05) is 24.5 Å². The van der Waals surface area contributed by atoms with Gasteiger partial charge in [0.05, 0.1) is 23.5 Å². The molecule has 6 heteroatoms. The summed E-state index contributed by atoms with van der Waals surface area (Å²) < 4.78 is 11.5. The monoisotopic (exact) mass is 353 g/mol. The Labute approximate surface area is 152 Å². The summed E-state index contributed by atoms with van der Waals surface area (Å²) in [6.07, 6.45) is 7.33. The second-order valence-electron chi connectivity index (χ2n) is 7.82. The number of furan rings is 1. The van der Waals surface area contributed by atoms with Crippen LogP contribution in [0.5, 0.6) is 0 Å². The molecule has 0 aliphatic carbocycles. The van der Waals surface area contributed by atoms with Crippen molar-refractivity contribution in [1.29, 1.82) is 0 Å². The molecule has 136 valence electrons. The maximum absolute atomic E-state index is 12.3. The van der Waals surface area contributed by atoms with Gasteiger partial charge in [0.15, 0.2) is 0 Å². The van der Waals surface area contributed by atoms with Gasteiger partial charge >= 0.3 is 0 Å². The van der Waals surface area contributed by atoms with E-state index in [0.29, 0.717) is 23.9 Å². The van der Waals surface area contributed by atoms with Crippen molar-refractivity contribution in [1.82, 2.24) is 10.3 Å². The highest BCUT2D eigenvalue weighted by Crippen LogP contribution is 2.55. The number of pyridine rings is 1. The molecule has 26 heavy (non-hydrogen) atoms. The predicted molar refractivity (Wildman–Crippen MR) is 96.0 cm³/mol. The lowest BCUT2D eigenvalue weighted by Gasteiger charge is -2.29. The Balaban J connectivity index is 1.31. The Hall–Kier alpha value is -2.34. The second kappa shape index (κ2) is 5.84. The zero-order valence-corrected chi connectivity index (χ0v) is 14.9. The van der Waals surface area contributed by atoms with Gasteiger partial charge in [-0.2, -0.15) is 0 Å². The van der Waals surface area contributed by atoms with E-state index in [2.05, 4.69) is 28.2 Å². The van der Waals surface area contributed by atoms with Gasteiger partial charge < -0.3 is 19.4 Å². The third-order valence-electron chi connectivity index (χ3n) is 6.29. The molecule has 6 nitrogen and oxygen atoms in total. The van der Waals surface area contributed by atoms with Crippen molar-refractivity contribution < 1.29 is 13.9 Å². The van der Waals surface area contributed by atoms with Crippen LogP contribution < -0.4 is 10.2 Å². The van der Waals surface area contributed by atoms with Crippen LogP contribution in [0.15, 0.2) is 41.3 Å². The minimum absolute atomic E-state index is 0.0683. The number of amides is 1. The van der Waals surface area contributed by atoms with Gasteiger partial charge in [-0.05, 0) is 43.5 Å². The molecule has 0 radical (unpaired) electrons. The molecule has 2 aromatic heterocycles. The van der Waals surface area contributed by atoms with E-state index in [4.69, 9.17) is 9.15 Å². The number of anilines is 1. The highest BCUT2D eigenvalue weighted by molar-refractivity contribution is 5.93. The number of carbonyl (C=O) groups is 1. The maximum Gasteiger partial charge on any atom is 0.254 e. The lowest BCUT2D eigenvalue weighted by molar-refractivity contribution is 0.0141. The Bertz CT molecular complexity index is 821. The Morgan fingerprint density at radius 3 is 3.19 bits per heavy atom. The quantitative estimate of drug-likeness (QED) is 0.914. The SMILES string of the molecule is Cc1ccnc(N2C[C@@H]3[C@H](CNC(=O)c4ccoc4)[C@H]4CC[C@]3(C2)O4)c1. The topological polar surface area (TPSA) is 67.6 Å². The summed E-state index contributed by atoms with van der Waals surface area (Å²) in [5.41, 5.74) is 1.72. The highest BCUT2D eigenvalue weighted by atomic mass is 16.5. The van der Waals surface area contributed by atoms with Gasteiger partial charge in [-0.3, -0.25) is 4.79 Å². The van der Waals surface area contributed by atoms with Gasteiger partial charge in [-0.25, -0.2) is 4.98 Å². The van der Waals surface area contributed by atoms with Crippen molar-refractivity contribution in [3.05, 3.63) is 48.0 Å². The summed E-state index contributed by atoms with van der Waals surface area (Å²) in [6.45, 7) is 4.59. The van der Waals surface area contributed by atoms with E-state index in [9.17, 15) is 4.79 Å². The first kappa shape index (κ1) is 15.9. The zero-order valence-electron chi connectivity index (χ0n) is 14.9. The number of nitrogens with zero attached hydrogens (tertiary/aromatic N) is 2. The molecule has 1 spiro atoms. The molecule has 3 aliphatic rings. The van der Waals surface area contributed by atoms with E-state index < -0.39 is 0 Å².